The van der Waals surface area contributed by atoms with E-state index in [1.54, 1.807) is 0 Å². The van der Waals surface area contributed by atoms with Gasteiger partial charge in [0, 0.05) is 12.7 Å². The van der Waals surface area contributed by atoms with Crippen LogP contribution >= 0.6 is 0 Å². The monoisotopic (exact) mass is 166 g/mol. The fourth-order valence-corrected chi connectivity index (χ4v) is 1.62. The fourth-order valence-electron chi connectivity index (χ4n) is 1.62. The first-order valence-electron chi connectivity index (χ1n) is 4.42. The lowest BCUT2D eigenvalue weighted by Crippen LogP contribution is -2.14. The third-order valence-electron chi connectivity index (χ3n) is 2.26. The van der Waals surface area contributed by atoms with Crippen LogP contribution in [0.4, 0.5) is 0 Å². The number of nitrogens with zero attached hydrogens (tertiary/aromatic N) is 3. The minimum absolute atomic E-state index is 0.742. The summed E-state index contributed by atoms with van der Waals surface area (Å²) in [5, 5.41) is 11.3. The van der Waals surface area contributed by atoms with Crippen LogP contribution in [-0.2, 0) is 6.54 Å². The largest absolute Gasteiger partial charge is 0.316 e. The molecule has 4 nitrogen and oxygen atoms in total. The van der Waals surface area contributed by atoms with Gasteiger partial charge in [0.1, 0.15) is 0 Å². The predicted octanol–water partition coefficient (Wildman–Crippen LogP) is 0.196. The SMILES string of the molecule is Cc1cn(CC2CCNC2)nn1. The molecule has 1 aromatic rings. The number of aromatic nitrogens is 3. The van der Waals surface area contributed by atoms with Gasteiger partial charge in [-0.25, -0.2) is 0 Å². The van der Waals surface area contributed by atoms with E-state index in [1.807, 2.05) is 17.8 Å². The highest BCUT2D eigenvalue weighted by molar-refractivity contribution is 4.87. The Balaban J connectivity index is 1.94. The first kappa shape index (κ1) is 7.73. The van der Waals surface area contributed by atoms with Gasteiger partial charge >= 0.3 is 0 Å². The molecule has 0 radical (unpaired) electrons. The van der Waals surface area contributed by atoms with Crippen molar-refractivity contribution in [1.29, 1.82) is 0 Å². The normalized spacial score (nSPS) is 23.2. The maximum atomic E-state index is 4.02. The van der Waals surface area contributed by atoms with E-state index in [2.05, 4.69) is 15.6 Å². The Morgan fingerprint density at radius 2 is 2.67 bits per heavy atom. The van der Waals surface area contributed by atoms with Crippen molar-refractivity contribution < 1.29 is 0 Å². The molecule has 2 rings (SSSR count). The summed E-state index contributed by atoms with van der Waals surface area (Å²) in [7, 11) is 0. The molecule has 0 aromatic carbocycles. The summed E-state index contributed by atoms with van der Waals surface area (Å²) in [6.07, 6.45) is 3.26. The van der Waals surface area contributed by atoms with Gasteiger partial charge in [-0.2, -0.15) is 0 Å². The standard InChI is InChI=1S/C8H14N4/c1-7-5-12(11-10-7)6-8-2-3-9-4-8/h5,8-9H,2-4,6H2,1H3. The van der Waals surface area contributed by atoms with Crippen LogP contribution in [0.5, 0.6) is 0 Å². The van der Waals surface area contributed by atoms with Crippen LogP contribution in [0.2, 0.25) is 0 Å². The molecular weight excluding hydrogens is 152 g/mol. The highest BCUT2D eigenvalue weighted by Crippen LogP contribution is 2.09. The molecule has 66 valence electrons. The maximum absolute atomic E-state index is 4.02. The van der Waals surface area contributed by atoms with E-state index in [1.165, 1.54) is 6.42 Å². The molecule has 1 saturated heterocycles. The quantitative estimate of drug-likeness (QED) is 0.682. The van der Waals surface area contributed by atoms with Gasteiger partial charge in [0.2, 0.25) is 0 Å². The van der Waals surface area contributed by atoms with Crippen LogP contribution in [0, 0.1) is 12.8 Å². The van der Waals surface area contributed by atoms with E-state index >= 15 is 0 Å². The summed E-state index contributed by atoms with van der Waals surface area (Å²) in [6, 6.07) is 0. The molecule has 0 bridgehead atoms. The topological polar surface area (TPSA) is 42.7 Å². The van der Waals surface area contributed by atoms with E-state index in [9.17, 15) is 0 Å². The van der Waals surface area contributed by atoms with Gasteiger partial charge in [0.25, 0.3) is 0 Å². The number of aryl methyl sites for hydroxylation is 1. The molecule has 1 N–H and O–H groups in total. The summed E-state index contributed by atoms with van der Waals surface area (Å²) in [5.74, 6) is 0.742. The molecular formula is C8H14N4. The minimum atomic E-state index is 0.742. The molecule has 1 aliphatic heterocycles. The summed E-state index contributed by atoms with van der Waals surface area (Å²) < 4.78 is 1.94. The van der Waals surface area contributed by atoms with Crippen LogP contribution in [-0.4, -0.2) is 28.1 Å². The average molecular weight is 166 g/mol. The third kappa shape index (κ3) is 1.64. The number of nitrogens with one attached hydrogen (secondary N) is 1. The van der Waals surface area contributed by atoms with Crippen molar-refractivity contribution in [3.63, 3.8) is 0 Å². The zero-order chi connectivity index (χ0) is 8.39. The van der Waals surface area contributed by atoms with Crippen molar-refractivity contribution in [3.8, 4) is 0 Å². The lowest BCUT2D eigenvalue weighted by molar-refractivity contribution is 0.441. The lowest BCUT2D eigenvalue weighted by atomic mass is 10.1. The van der Waals surface area contributed by atoms with Gasteiger partial charge in [0.15, 0.2) is 0 Å². The Hall–Kier alpha value is -0.900. The Kier molecular flexibility index (Phi) is 2.08. The van der Waals surface area contributed by atoms with Gasteiger partial charge in [-0.05, 0) is 32.4 Å². The second-order valence-electron chi connectivity index (χ2n) is 3.44. The molecule has 0 amide bonds. The highest BCUT2D eigenvalue weighted by Gasteiger charge is 2.14. The van der Waals surface area contributed by atoms with Crippen LogP contribution in [0.25, 0.3) is 0 Å². The minimum Gasteiger partial charge on any atom is -0.316 e. The number of hydrogen-bond donors (Lipinski definition) is 1. The fraction of sp³-hybridized carbons (Fsp3) is 0.750. The lowest BCUT2D eigenvalue weighted by Gasteiger charge is -2.06. The Bertz CT molecular complexity index is 249. The van der Waals surface area contributed by atoms with Crippen molar-refractivity contribution in [3.05, 3.63) is 11.9 Å². The zero-order valence-corrected chi connectivity index (χ0v) is 7.32. The van der Waals surface area contributed by atoms with Gasteiger partial charge in [-0.1, -0.05) is 5.21 Å². The van der Waals surface area contributed by atoms with Crippen molar-refractivity contribution in [2.75, 3.05) is 13.1 Å². The van der Waals surface area contributed by atoms with Crippen molar-refractivity contribution in [1.82, 2.24) is 20.3 Å². The molecule has 0 aliphatic carbocycles. The Labute approximate surface area is 72.0 Å². The molecule has 1 fully saturated rings. The van der Waals surface area contributed by atoms with Crippen LogP contribution in [0.15, 0.2) is 6.20 Å². The summed E-state index contributed by atoms with van der Waals surface area (Å²) in [4.78, 5) is 0. The van der Waals surface area contributed by atoms with Crippen molar-refractivity contribution in [2.45, 2.75) is 19.9 Å². The average Bonchev–Trinajstić information content (AvgIpc) is 2.63. The van der Waals surface area contributed by atoms with Gasteiger partial charge in [0.05, 0.1) is 5.69 Å². The van der Waals surface area contributed by atoms with E-state index in [4.69, 9.17) is 0 Å². The summed E-state index contributed by atoms with van der Waals surface area (Å²) in [5.41, 5.74) is 1.00. The van der Waals surface area contributed by atoms with Crippen LogP contribution < -0.4 is 5.32 Å². The van der Waals surface area contributed by atoms with Crippen LogP contribution in [0.3, 0.4) is 0 Å². The first-order valence-corrected chi connectivity index (χ1v) is 4.42. The molecule has 1 unspecified atom stereocenters. The smallest absolute Gasteiger partial charge is 0.0796 e. The molecule has 12 heavy (non-hydrogen) atoms. The Morgan fingerprint density at radius 1 is 1.75 bits per heavy atom. The van der Waals surface area contributed by atoms with Gasteiger partial charge in [-0.3, -0.25) is 4.68 Å². The molecule has 0 spiro atoms. The van der Waals surface area contributed by atoms with Crippen molar-refractivity contribution >= 4 is 0 Å². The molecule has 1 aromatic heterocycles. The first-order chi connectivity index (χ1) is 5.84. The van der Waals surface area contributed by atoms with Crippen LogP contribution in [0.1, 0.15) is 12.1 Å². The zero-order valence-electron chi connectivity index (χ0n) is 7.32. The molecule has 1 aliphatic rings. The summed E-state index contributed by atoms with van der Waals surface area (Å²) in [6.45, 7) is 5.25. The highest BCUT2D eigenvalue weighted by atomic mass is 15.4. The van der Waals surface area contributed by atoms with Gasteiger partial charge < -0.3 is 5.32 Å². The molecule has 2 heterocycles. The van der Waals surface area contributed by atoms with E-state index in [0.717, 1.165) is 31.2 Å². The molecule has 0 saturated carbocycles. The predicted molar refractivity (Wildman–Crippen MR) is 45.7 cm³/mol. The van der Waals surface area contributed by atoms with E-state index in [0.29, 0.717) is 0 Å². The molecule has 4 heteroatoms. The maximum Gasteiger partial charge on any atom is 0.0796 e. The Morgan fingerprint density at radius 3 is 3.25 bits per heavy atom. The second-order valence-corrected chi connectivity index (χ2v) is 3.44. The number of hydrogen-bond acceptors (Lipinski definition) is 3. The van der Waals surface area contributed by atoms with E-state index in [-0.39, 0.29) is 0 Å². The summed E-state index contributed by atoms with van der Waals surface area (Å²) >= 11 is 0. The van der Waals surface area contributed by atoms with Crippen molar-refractivity contribution in [2.24, 2.45) is 5.92 Å². The van der Waals surface area contributed by atoms with Gasteiger partial charge in [-0.15, -0.1) is 5.10 Å². The molecule has 1 atom stereocenters. The second kappa shape index (κ2) is 3.23. The van der Waals surface area contributed by atoms with E-state index < -0.39 is 0 Å². The third-order valence-corrected chi connectivity index (χ3v) is 2.26. The number of rotatable bonds is 2.